The fraction of sp³-hybridized carbons (Fsp3) is 0.571. The summed E-state index contributed by atoms with van der Waals surface area (Å²) in [6.45, 7) is 6.66. The molecule has 2 unspecified atom stereocenters. The molecule has 0 saturated heterocycles. The largest absolute Gasteiger partial charge is 0.324 e. The minimum Gasteiger partial charge on any atom is -0.324 e. The van der Waals surface area contributed by atoms with Gasteiger partial charge in [0.05, 0.1) is 0 Å². The quantitative estimate of drug-likeness (QED) is 0.841. The topological polar surface area (TPSA) is 26.0 Å². The highest BCUT2D eigenvalue weighted by Crippen LogP contribution is 2.28. The van der Waals surface area contributed by atoms with Crippen LogP contribution in [0.5, 0.6) is 0 Å². The third-order valence-corrected chi connectivity index (χ3v) is 3.58. The number of benzene rings is 1. The Labute approximate surface area is 112 Å². The molecule has 0 saturated carbocycles. The number of hydrogen-bond acceptors (Lipinski definition) is 1. The second kappa shape index (κ2) is 6.50. The highest BCUT2D eigenvalue weighted by atomic mass is 79.9. The number of rotatable bonds is 5. The lowest BCUT2D eigenvalue weighted by molar-refractivity contribution is 0.387. The van der Waals surface area contributed by atoms with Crippen molar-refractivity contribution < 1.29 is 4.39 Å². The van der Waals surface area contributed by atoms with Crippen molar-refractivity contribution in [3.63, 3.8) is 0 Å². The van der Waals surface area contributed by atoms with Gasteiger partial charge in [-0.25, -0.2) is 4.39 Å². The van der Waals surface area contributed by atoms with E-state index in [1.165, 1.54) is 18.6 Å². The molecule has 2 N–H and O–H groups in total. The summed E-state index contributed by atoms with van der Waals surface area (Å²) in [5.74, 6) is 1.04. The van der Waals surface area contributed by atoms with Gasteiger partial charge in [-0.3, -0.25) is 0 Å². The number of halogens is 2. The van der Waals surface area contributed by atoms with E-state index < -0.39 is 0 Å². The van der Waals surface area contributed by atoms with Gasteiger partial charge in [-0.05, 0) is 42.4 Å². The molecule has 1 rings (SSSR count). The van der Waals surface area contributed by atoms with Crippen LogP contribution in [0.1, 0.15) is 45.2 Å². The Morgan fingerprint density at radius 1 is 1.24 bits per heavy atom. The van der Waals surface area contributed by atoms with Gasteiger partial charge in [-0.15, -0.1) is 0 Å². The Morgan fingerprint density at radius 3 is 2.41 bits per heavy atom. The van der Waals surface area contributed by atoms with Crippen molar-refractivity contribution in [2.24, 2.45) is 17.6 Å². The van der Waals surface area contributed by atoms with Gasteiger partial charge in [0.2, 0.25) is 0 Å². The molecule has 96 valence electrons. The van der Waals surface area contributed by atoms with E-state index in [2.05, 4.69) is 36.7 Å². The van der Waals surface area contributed by atoms with Crippen molar-refractivity contribution in [3.8, 4) is 0 Å². The minimum atomic E-state index is -0.233. The first kappa shape index (κ1) is 14.7. The smallest absolute Gasteiger partial charge is 0.124 e. The number of nitrogens with two attached hydrogens (primary N) is 1. The molecule has 1 aromatic rings. The average Bonchev–Trinajstić information content (AvgIpc) is 2.15. The molecule has 1 nitrogen and oxygen atoms in total. The van der Waals surface area contributed by atoms with Gasteiger partial charge in [0.15, 0.2) is 0 Å². The third-order valence-electron chi connectivity index (χ3n) is 2.89. The molecule has 0 aliphatic carbocycles. The Kier molecular flexibility index (Phi) is 5.60. The Morgan fingerprint density at radius 2 is 1.88 bits per heavy atom. The van der Waals surface area contributed by atoms with E-state index in [1.807, 2.05) is 0 Å². The van der Waals surface area contributed by atoms with E-state index in [0.717, 1.165) is 16.5 Å². The lowest BCUT2D eigenvalue weighted by atomic mass is 9.90. The van der Waals surface area contributed by atoms with Crippen LogP contribution in [-0.2, 0) is 0 Å². The van der Waals surface area contributed by atoms with Crippen molar-refractivity contribution in [1.29, 1.82) is 0 Å². The maximum atomic E-state index is 13.0. The predicted octanol–water partition coefficient (Wildman–Crippen LogP) is 4.66. The van der Waals surface area contributed by atoms with Crippen LogP contribution in [0.15, 0.2) is 22.7 Å². The van der Waals surface area contributed by atoms with Crippen LogP contribution in [0.4, 0.5) is 4.39 Å². The van der Waals surface area contributed by atoms with Crippen molar-refractivity contribution in [2.75, 3.05) is 0 Å². The SMILES string of the molecule is CC(C)CC(C)CC(N)c1ccc(F)cc1Br. The van der Waals surface area contributed by atoms with E-state index in [-0.39, 0.29) is 11.9 Å². The first-order chi connectivity index (χ1) is 7.90. The highest BCUT2D eigenvalue weighted by Gasteiger charge is 2.15. The molecule has 0 heterocycles. The van der Waals surface area contributed by atoms with E-state index in [0.29, 0.717) is 11.8 Å². The number of hydrogen-bond donors (Lipinski definition) is 1. The molecular formula is C14H21BrFN. The third kappa shape index (κ3) is 4.76. The van der Waals surface area contributed by atoms with Crippen LogP contribution in [0.25, 0.3) is 0 Å². The second-order valence-electron chi connectivity index (χ2n) is 5.24. The van der Waals surface area contributed by atoms with Gasteiger partial charge in [0.1, 0.15) is 5.82 Å². The molecule has 3 heteroatoms. The molecule has 1 aromatic carbocycles. The van der Waals surface area contributed by atoms with Crippen molar-refractivity contribution >= 4 is 15.9 Å². The summed E-state index contributed by atoms with van der Waals surface area (Å²) in [5.41, 5.74) is 7.16. The first-order valence-corrected chi connectivity index (χ1v) is 6.90. The van der Waals surface area contributed by atoms with E-state index in [1.54, 1.807) is 6.07 Å². The van der Waals surface area contributed by atoms with E-state index in [9.17, 15) is 4.39 Å². The molecule has 0 fully saturated rings. The fourth-order valence-electron chi connectivity index (χ4n) is 2.26. The predicted molar refractivity (Wildman–Crippen MR) is 74.3 cm³/mol. The molecule has 0 aromatic heterocycles. The Hall–Kier alpha value is -0.410. The Bertz CT molecular complexity index is 365. The molecule has 2 atom stereocenters. The maximum Gasteiger partial charge on any atom is 0.124 e. The minimum absolute atomic E-state index is 0.0290. The van der Waals surface area contributed by atoms with Gasteiger partial charge in [-0.1, -0.05) is 42.8 Å². The summed E-state index contributed by atoms with van der Waals surface area (Å²) in [5, 5.41) is 0. The fourth-order valence-corrected chi connectivity index (χ4v) is 2.91. The summed E-state index contributed by atoms with van der Waals surface area (Å²) >= 11 is 3.37. The molecule has 0 bridgehead atoms. The molecule has 0 aliphatic rings. The standard InChI is InChI=1S/C14H21BrFN/c1-9(2)6-10(3)7-14(17)12-5-4-11(16)8-13(12)15/h4-5,8-10,14H,6-7,17H2,1-3H3. The van der Waals surface area contributed by atoms with Crippen LogP contribution < -0.4 is 5.73 Å². The molecule has 0 spiro atoms. The molecular weight excluding hydrogens is 281 g/mol. The lowest BCUT2D eigenvalue weighted by Crippen LogP contribution is -2.15. The van der Waals surface area contributed by atoms with Crippen molar-refractivity contribution in [2.45, 2.75) is 39.7 Å². The van der Waals surface area contributed by atoms with Gasteiger partial charge in [0, 0.05) is 10.5 Å². The summed E-state index contributed by atoms with van der Waals surface area (Å²) in [7, 11) is 0. The van der Waals surface area contributed by atoms with Crippen LogP contribution in [0.3, 0.4) is 0 Å². The molecule has 0 aliphatic heterocycles. The molecule has 0 amide bonds. The molecule has 0 radical (unpaired) electrons. The summed E-state index contributed by atoms with van der Waals surface area (Å²) in [4.78, 5) is 0. The average molecular weight is 302 g/mol. The van der Waals surface area contributed by atoms with Crippen molar-refractivity contribution in [3.05, 3.63) is 34.1 Å². The first-order valence-electron chi connectivity index (χ1n) is 6.10. The second-order valence-corrected chi connectivity index (χ2v) is 6.10. The van der Waals surface area contributed by atoms with Crippen LogP contribution in [0.2, 0.25) is 0 Å². The highest BCUT2D eigenvalue weighted by molar-refractivity contribution is 9.10. The van der Waals surface area contributed by atoms with Gasteiger partial charge >= 0.3 is 0 Å². The summed E-state index contributed by atoms with van der Waals surface area (Å²) in [6.07, 6.45) is 2.11. The van der Waals surface area contributed by atoms with Gasteiger partial charge in [0.25, 0.3) is 0 Å². The summed E-state index contributed by atoms with van der Waals surface area (Å²) < 4.78 is 13.7. The van der Waals surface area contributed by atoms with Crippen LogP contribution in [0, 0.1) is 17.7 Å². The van der Waals surface area contributed by atoms with Crippen LogP contribution >= 0.6 is 15.9 Å². The zero-order chi connectivity index (χ0) is 13.0. The van der Waals surface area contributed by atoms with Gasteiger partial charge in [-0.2, -0.15) is 0 Å². The zero-order valence-corrected chi connectivity index (χ0v) is 12.3. The van der Waals surface area contributed by atoms with E-state index in [4.69, 9.17) is 5.73 Å². The molecule has 17 heavy (non-hydrogen) atoms. The lowest BCUT2D eigenvalue weighted by Gasteiger charge is -2.20. The van der Waals surface area contributed by atoms with Gasteiger partial charge < -0.3 is 5.73 Å². The normalized spacial score (nSPS) is 15.0. The van der Waals surface area contributed by atoms with Crippen LogP contribution in [-0.4, -0.2) is 0 Å². The monoisotopic (exact) mass is 301 g/mol. The van der Waals surface area contributed by atoms with Crippen molar-refractivity contribution in [1.82, 2.24) is 0 Å². The van der Waals surface area contributed by atoms with E-state index >= 15 is 0 Å². The maximum absolute atomic E-state index is 13.0. The zero-order valence-electron chi connectivity index (χ0n) is 10.7. The summed E-state index contributed by atoms with van der Waals surface area (Å²) in [6, 6.07) is 4.68. The Balaban J connectivity index is 2.66.